The van der Waals surface area contributed by atoms with E-state index in [1.807, 2.05) is 45.2 Å². The van der Waals surface area contributed by atoms with Crippen molar-refractivity contribution in [3.8, 4) is 0 Å². The predicted molar refractivity (Wildman–Crippen MR) is 80.4 cm³/mol. The second-order valence-electron chi connectivity index (χ2n) is 4.20. The number of nitrogens with zero attached hydrogens (tertiary/aromatic N) is 2. The molecule has 0 aliphatic rings. The predicted octanol–water partition coefficient (Wildman–Crippen LogP) is 3.79. The molecule has 0 bridgehead atoms. The lowest BCUT2D eigenvalue weighted by atomic mass is 10.2. The van der Waals surface area contributed by atoms with Crippen LogP contribution in [-0.4, -0.2) is 17.0 Å². The summed E-state index contributed by atoms with van der Waals surface area (Å²) in [4.78, 5) is 8.96. The van der Waals surface area contributed by atoms with Gasteiger partial charge in [-0.2, -0.15) is 0 Å². The highest BCUT2D eigenvalue weighted by Gasteiger charge is 2.09. The zero-order valence-electron chi connectivity index (χ0n) is 11.3. The van der Waals surface area contributed by atoms with Crippen LogP contribution in [0.15, 0.2) is 24.3 Å². The fourth-order valence-electron chi connectivity index (χ4n) is 1.76. The van der Waals surface area contributed by atoms with Crippen LogP contribution in [0.25, 0.3) is 0 Å². The molecule has 4 nitrogen and oxygen atoms in total. The summed E-state index contributed by atoms with van der Waals surface area (Å²) in [6.07, 6.45) is 0.796. The van der Waals surface area contributed by atoms with Gasteiger partial charge in [-0.25, -0.2) is 9.97 Å². The van der Waals surface area contributed by atoms with Gasteiger partial charge in [-0.05, 0) is 31.2 Å². The summed E-state index contributed by atoms with van der Waals surface area (Å²) in [6.45, 7) is 4.03. The van der Waals surface area contributed by atoms with Crippen molar-refractivity contribution in [2.45, 2.75) is 20.3 Å². The van der Waals surface area contributed by atoms with Crippen molar-refractivity contribution in [1.82, 2.24) is 9.97 Å². The SMILES string of the molecule is CCc1nc(NC)c(C)c(Nc2ccc(Cl)cc2)n1. The minimum atomic E-state index is 0.718. The molecule has 0 saturated heterocycles. The van der Waals surface area contributed by atoms with Gasteiger partial charge in [-0.1, -0.05) is 18.5 Å². The maximum Gasteiger partial charge on any atom is 0.139 e. The summed E-state index contributed by atoms with van der Waals surface area (Å²) in [5.41, 5.74) is 1.95. The molecule has 0 aliphatic carbocycles. The zero-order chi connectivity index (χ0) is 13.8. The van der Waals surface area contributed by atoms with Gasteiger partial charge in [0, 0.05) is 29.7 Å². The lowest BCUT2D eigenvalue weighted by Gasteiger charge is -2.13. The molecule has 0 radical (unpaired) electrons. The molecule has 0 aliphatic heterocycles. The monoisotopic (exact) mass is 276 g/mol. The first-order valence-corrected chi connectivity index (χ1v) is 6.59. The summed E-state index contributed by atoms with van der Waals surface area (Å²) in [5, 5.41) is 7.11. The van der Waals surface area contributed by atoms with Gasteiger partial charge in [0.15, 0.2) is 0 Å². The Labute approximate surface area is 118 Å². The van der Waals surface area contributed by atoms with Gasteiger partial charge in [0.2, 0.25) is 0 Å². The summed E-state index contributed by atoms with van der Waals surface area (Å²) in [6, 6.07) is 7.54. The van der Waals surface area contributed by atoms with Gasteiger partial charge in [0.25, 0.3) is 0 Å². The Morgan fingerprint density at radius 2 is 1.74 bits per heavy atom. The molecule has 0 amide bonds. The molecule has 1 aromatic heterocycles. The van der Waals surface area contributed by atoms with Crippen molar-refractivity contribution in [2.75, 3.05) is 17.7 Å². The molecule has 2 N–H and O–H groups in total. The Morgan fingerprint density at radius 1 is 1.11 bits per heavy atom. The van der Waals surface area contributed by atoms with Crippen molar-refractivity contribution in [1.29, 1.82) is 0 Å². The Morgan fingerprint density at radius 3 is 2.32 bits per heavy atom. The van der Waals surface area contributed by atoms with Gasteiger partial charge in [0.1, 0.15) is 17.5 Å². The number of aromatic nitrogens is 2. The highest BCUT2D eigenvalue weighted by atomic mass is 35.5. The van der Waals surface area contributed by atoms with Crippen LogP contribution in [0.5, 0.6) is 0 Å². The van der Waals surface area contributed by atoms with Crippen molar-refractivity contribution < 1.29 is 0 Å². The third-order valence-electron chi connectivity index (χ3n) is 2.85. The first kappa shape index (κ1) is 13.6. The van der Waals surface area contributed by atoms with E-state index in [1.165, 1.54) is 0 Å². The minimum Gasteiger partial charge on any atom is -0.373 e. The minimum absolute atomic E-state index is 0.718. The molecular formula is C14H17ClN4. The number of rotatable bonds is 4. The fourth-order valence-corrected chi connectivity index (χ4v) is 1.88. The molecule has 1 aromatic carbocycles. The maximum atomic E-state index is 5.88. The summed E-state index contributed by atoms with van der Waals surface area (Å²) < 4.78 is 0. The smallest absolute Gasteiger partial charge is 0.139 e. The molecule has 0 fully saturated rings. The van der Waals surface area contributed by atoms with Crippen LogP contribution in [0.3, 0.4) is 0 Å². The van der Waals surface area contributed by atoms with E-state index in [1.54, 1.807) is 0 Å². The zero-order valence-corrected chi connectivity index (χ0v) is 12.0. The Kier molecular flexibility index (Phi) is 4.22. The van der Waals surface area contributed by atoms with Crippen LogP contribution in [0, 0.1) is 6.92 Å². The van der Waals surface area contributed by atoms with Gasteiger partial charge >= 0.3 is 0 Å². The van der Waals surface area contributed by atoms with E-state index in [2.05, 4.69) is 20.6 Å². The van der Waals surface area contributed by atoms with Crippen molar-refractivity contribution >= 4 is 28.9 Å². The summed E-state index contributed by atoms with van der Waals surface area (Å²) in [5.74, 6) is 2.48. The Balaban J connectivity index is 2.35. The number of hydrogen-bond acceptors (Lipinski definition) is 4. The number of aryl methyl sites for hydroxylation is 1. The van der Waals surface area contributed by atoms with Crippen molar-refractivity contribution in [3.05, 3.63) is 40.7 Å². The summed E-state index contributed by atoms with van der Waals surface area (Å²) >= 11 is 5.88. The molecule has 19 heavy (non-hydrogen) atoms. The van der Waals surface area contributed by atoms with Gasteiger partial charge < -0.3 is 10.6 Å². The van der Waals surface area contributed by atoms with Gasteiger partial charge in [0.05, 0.1) is 0 Å². The van der Waals surface area contributed by atoms with E-state index in [9.17, 15) is 0 Å². The highest BCUT2D eigenvalue weighted by molar-refractivity contribution is 6.30. The standard InChI is InChI=1S/C14H17ClN4/c1-4-12-18-13(16-3)9(2)14(19-12)17-11-7-5-10(15)6-8-11/h5-8H,4H2,1-3H3,(H2,16,17,18,19). The Bertz CT molecular complexity index is 566. The molecule has 2 rings (SSSR count). The highest BCUT2D eigenvalue weighted by Crippen LogP contribution is 2.24. The van der Waals surface area contributed by atoms with E-state index in [-0.39, 0.29) is 0 Å². The summed E-state index contributed by atoms with van der Waals surface area (Å²) in [7, 11) is 1.86. The number of anilines is 3. The number of hydrogen-bond donors (Lipinski definition) is 2. The third-order valence-corrected chi connectivity index (χ3v) is 3.10. The van der Waals surface area contributed by atoms with Gasteiger partial charge in [-0.3, -0.25) is 0 Å². The second-order valence-corrected chi connectivity index (χ2v) is 4.63. The molecule has 1 heterocycles. The molecular weight excluding hydrogens is 260 g/mol. The first-order valence-electron chi connectivity index (χ1n) is 6.22. The molecule has 100 valence electrons. The lowest BCUT2D eigenvalue weighted by molar-refractivity contribution is 0.935. The second kappa shape index (κ2) is 5.89. The maximum absolute atomic E-state index is 5.88. The quantitative estimate of drug-likeness (QED) is 0.892. The van der Waals surface area contributed by atoms with E-state index >= 15 is 0 Å². The number of benzene rings is 1. The van der Waals surface area contributed by atoms with Crippen LogP contribution in [0.1, 0.15) is 18.3 Å². The molecule has 0 unspecified atom stereocenters. The normalized spacial score (nSPS) is 10.3. The van der Waals surface area contributed by atoms with Crippen LogP contribution in [0.4, 0.5) is 17.3 Å². The lowest BCUT2D eigenvalue weighted by Crippen LogP contribution is -2.06. The van der Waals surface area contributed by atoms with E-state index in [4.69, 9.17) is 11.6 Å². The van der Waals surface area contributed by atoms with E-state index < -0.39 is 0 Å². The average molecular weight is 277 g/mol. The largest absolute Gasteiger partial charge is 0.373 e. The van der Waals surface area contributed by atoms with Crippen LogP contribution in [0.2, 0.25) is 5.02 Å². The van der Waals surface area contributed by atoms with Gasteiger partial charge in [-0.15, -0.1) is 0 Å². The van der Waals surface area contributed by atoms with Crippen LogP contribution in [-0.2, 0) is 6.42 Å². The van der Waals surface area contributed by atoms with Crippen LogP contribution >= 0.6 is 11.6 Å². The topological polar surface area (TPSA) is 49.8 Å². The fraction of sp³-hybridized carbons (Fsp3) is 0.286. The average Bonchev–Trinajstić information content (AvgIpc) is 2.43. The third kappa shape index (κ3) is 3.15. The molecule has 5 heteroatoms. The van der Waals surface area contributed by atoms with E-state index in [0.717, 1.165) is 40.2 Å². The molecule has 0 atom stereocenters. The number of halogens is 1. The molecule has 2 aromatic rings. The van der Waals surface area contributed by atoms with Crippen molar-refractivity contribution in [3.63, 3.8) is 0 Å². The molecule has 0 saturated carbocycles. The Hall–Kier alpha value is -1.81. The molecule has 0 spiro atoms. The van der Waals surface area contributed by atoms with Crippen LogP contribution < -0.4 is 10.6 Å². The number of nitrogens with one attached hydrogen (secondary N) is 2. The first-order chi connectivity index (χ1) is 9.13. The van der Waals surface area contributed by atoms with Crippen molar-refractivity contribution in [2.24, 2.45) is 0 Å². The van der Waals surface area contributed by atoms with E-state index in [0.29, 0.717) is 0 Å².